The number of allylic oxidation sites excluding steroid dienone is 1. The third-order valence-electron chi connectivity index (χ3n) is 4.70. The zero-order valence-electron chi connectivity index (χ0n) is 14.2. The van der Waals surface area contributed by atoms with Crippen LogP contribution >= 0.6 is 0 Å². The van der Waals surface area contributed by atoms with E-state index in [1.807, 2.05) is 69.3 Å². The van der Waals surface area contributed by atoms with Gasteiger partial charge in [-0.25, -0.2) is 4.79 Å². The lowest BCUT2D eigenvalue weighted by Crippen LogP contribution is -2.41. The molecule has 0 radical (unpaired) electrons. The standard InChI is InChI=1S/C20H22O4/c1-4-16(18-20(5-2,6-3)24-19(21)23-18)22-17-13-9-11-14-10-7-8-12-15(14)17/h4,7-13,18H,5-6H2,1-3H3/b16-4-/t18-/m1/s1. The molecule has 2 aromatic carbocycles. The molecule has 0 bridgehead atoms. The molecular formula is C20H22O4. The van der Waals surface area contributed by atoms with Crippen LogP contribution < -0.4 is 4.74 Å². The van der Waals surface area contributed by atoms with Gasteiger partial charge < -0.3 is 14.2 Å². The van der Waals surface area contributed by atoms with Gasteiger partial charge in [0.2, 0.25) is 6.10 Å². The molecule has 24 heavy (non-hydrogen) atoms. The number of benzene rings is 2. The first-order valence-corrected chi connectivity index (χ1v) is 8.35. The Bertz CT molecular complexity index is 769. The average Bonchev–Trinajstić information content (AvgIpc) is 2.96. The summed E-state index contributed by atoms with van der Waals surface area (Å²) < 4.78 is 17.1. The van der Waals surface area contributed by atoms with E-state index in [0.29, 0.717) is 18.6 Å². The molecule has 0 unspecified atom stereocenters. The van der Waals surface area contributed by atoms with E-state index in [9.17, 15) is 4.79 Å². The Morgan fingerprint density at radius 3 is 2.58 bits per heavy atom. The van der Waals surface area contributed by atoms with Crippen molar-refractivity contribution < 1.29 is 19.0 Å². The molecule has 1 heterocycles. The first-order valence-electron chi connectivity index (χ1n) is 8.35. The van der Waals surface area contributed by atoms with Crippen molar-refractivity contribution in [1.29, 1.82) is 0 Å². The molecule has 1 atom stereocenters. The quantitative estimate of drug-likeness (QED) is 0.558. The number of hydrogen-bond donors (Lipinski definition) is 0. The number of hydrogen-bond acceptors (Lipinski definition) is 4. The minimum absolute atomic E-state index is 0.538. The highest BCUT2D eigenvalue weighted by Crippen LogP contribution is 2.39. The number of rotatable bonds is 5. The number of fused-ring (bicyclic) bond motifs is 1. The second kappa shape index (κ2) is 6.56. The van der Waals surface area contributed by atoms with Gasteiger partial charge in [-0.05, 0) is 37.3 Å². The first kappa shape index (κ1) is 16.4. The van der Waals surface area contributed by atoms with Crippen molar-refractivity contribution in [3.63, 3.8) is 0 Å². The molecule has 4 nitrogen and oxygen atoms in total. The normalized spacial score (nSPS) is 19.9. The highest BCUT2D eigenvalue weighted by atomic mass is 16.8. The summed E-state index contributed by atoms with van der Waals surface area (Å²) in [4.78, 5) is 11.7. The van der Waals surface area contributed by atoms with Crippen LogP contribution in [0.15, 0.2) is 54.3 Å². The maximum Gasteiger partial charge on any atom is 0.509 e. The lowest BCUT2D eigenvalue weighted by atomic mass is 9.89. The van der Waals surface area contributed by atoms with Gasteiger partial charge in [0.05, 0.1) is 0 Å². The molecule has 1 aliphatic heterocycles. The van der Waals surface area contributed by atoms with Gasteiger partial charge in [-0.2, -0.15) is 0 Å². The van der Waals surface area contributed by atoms with Crippen molar-refractivity contribution in [3.05, 3.63) is 54.3 Å². The van der Waals surface area contributed by atoms with Crippen LogP contribution in [-0.2, 0) is 9.47 Å². The van der Waals surface area contributed by atoms with Crippen LogP contribution in [0.25, 0.3) is 10.8 Å². The Morgan fingerprint density at radius 2 is 1.88 bits per heavy atom. The fourth-order valence-corrected chi connectivity index (χ4v) is 3.21. The zero-order chi connectivity index (χ0) is 17.2. The van der Waals surface area contributed by atoms with Crippen molar-refractivity contribution in [3.8, 4) is 5.75 Å². The summed E-state index contributed by atoms with van der Waals surface area (Å²) in [6.07, 6.45) is 1.99. The molecule has 126 valence electrons. The van der Waals surface area contributed by atoms with E-state index in [2.05, 4.69) is 0 Å². The van der Waals surface area contributed by atoms with E-state index in [-0.39, 0.29) is 0 Å². The molecule has 1 saturated heterocycles. The van der Waals surface area contributed by atoms with E-state index in [4.69, 9.17) is 14.2 Å². The molecule has 0 saturated carbocycles. The topological polar surface area (TPSA) is 44.8 Å². The number of cyclic esters (lactones) is 2. The van der Waals surface area contributed by atoms with Gasteiger partial charge in [-0.3, -0.25) is 0 Å². The van der Waals surface area contributed by atoms with E-state index >= 15 is 0 Å². The smallest absolute Gasteiger partial charge is 0.457 e. The summed E-state index contributed by atoms with van der Waals surface area (Å²) in [5.41, 5.74) is -0.677. The molecule has 0 N–H and O–H groups in total. The van der Waals surface area contributed by atoms with Crippen LogP contribution in [0.5, 0.6) is 5.75 Å². The summed E-state index contributed by atoms with van der Waals surface area (Å²) in [5, 5.41) is 2.12. The van der Waals surface area contributed by atoms with Gasteiger partial charge in [0.1, 0.15) is 11.5 Å². The lowest BCUT2D eigenvalue weighted by Gasteiger charge is -2.29. The summed E-state index contributed by atoms with van der Waals surface area (Å²) in [7, 11) is 0. The monoisotopic (exact) mass is 326 g/mol. The molecule has 3 rings (SSSR count). The Labute approximate surface area is 142 Å². The SMILES string of the molecule is C/C=C(\Oc1cccc2ccccc12)[C@H]1OC(=O)OC1(CC)CC. The van der Waals surface area contributed by atoms with Crippen molar-refractivity contribution in [2.45, 2.75) is 45.3 Å². The Morgan fingerprint density at radius 1 is 1.17 bits per heavy atom. The Balaban J connectivity index is 1.96. The fourth-order valence-electron chi connectivity index (χ4n) is 3.21. The highest BCUT2D eigenvalue weighted by molar-refractivity contribution is 5.88. The van der Waals surface area contributed by atoms with Gasteiger partial charge >= 0.3 is 6.16 Å². The second-order valence-corrected chi connectivity index (χ2v) is 5.89. The zero-order valence-corrected chi connectivity index (χ0v) is 14.2. The van der Waals surface area contributed by atoms with E-state index in [1.165, 1.54) is 0 Å². The number of carbonyl (C=O) groups is 1. The van der Waals surface area contributed by atoms with Crippen molar-refractivity contribution >= 4 is 16.9 Å². The predicted octanol–water partition coefficient (Wildman–Crippen LogP) is 5.22. The maximum atomic E-state index is 11.7. The van der Waals surface area contributed by atoms with Crippen LogP contribution in [0.1, 0.15) is 33.6 Å². The van der Waals surface area contributed by atoms with Gasteiger partial charge in [-0.1, -0.05) is 50.2 Å². The largest absolute Gasteiger partial charge is 0.509 e. The minimum Gasteiger partial charge on any atom is -0.457 e. The predicted molar refractivity (Wildman–Crippen MR) is 93.0 cm³/mol. The molecule has 2 aromatic rings. The maximum absolute atomic E-state index is 11.7. The molecule has 0 amide bonds. The van der Waals surface area contributed by atoms with Gasteiger partial charge in [-0.15, -0.1) is 0 Å². The van der Waals surface area contributed by atoms with E-state index in [1.54, 1.807) is 0 Å². The van der Waals surface area contributed by atoms with Crippen LogP contribution in [0.4, 0.5) is 4.79 Å². The molecular weight excluding hydrogens is 304 g/mol. The van der Waals surface area contributed by atoms with Gasteiger partial charge in [0, 0.05) is 5.39 Å². The van der Waals surface area contributed by atoms with Gasteiger partial charge in [0.15, 0.2) is 5.60 Å². The van der Waals surface area contributed by atoms with Crippen molar-refractivity contribution in [2.75, 3.05) is 0 Å². The number of carbonyl (C=O) groups excluding carboxylic acids is 1. The summed E-state index contributed by atoms with van der Waals surface area (Å²) >= 11 is 0. The third kappa shape index (κ3) is 2.73. The fraction of sp³-hybridized carbons (Fsp3) is 0.350. The molecule has 0 spiro atoms. The molecule has 1 aliphatic rings. The van der Waals surface area contributed by atoms with Crippen LogP contribution in [0.3, 0.4) is 0 Å². The van der Waals surface area contributed by atoms with Crippen LogP contribution in [-0.4, -0.2) is 17.9 Å². The van der Waals surface area contributed by atoms with Gasteiger partial charge in [0.25, 0.3) is 0 Å². The third-order valence-corrected chi connectivity index (χ3v) is 4.70. The Hall–Kier alpha value is -2.49. The molecule has 0 aliphatic carbocycles. The lowest BCUT2D eigenvalue weighted by molar-refractivity contribution is 0.0222. The Kier molecular flexibility index (Phi) is 4.47. The van der Waals surface area contributed by atoms with Crippen LogP contribution in [0.2, 0.25) is 0 Å². The summed E-state index contributed by atoms with van der Waals surface area (Å²) in [6.45, 7) is 5.86. The number of ether oxygens (including phenoxy) is 3. The first-order chi connectivity index (χ1) is 11.6. The summed E-state index contributed by atoms with van der Waals surface area (Å²) in [5.74, 6) is 1.34. The summed E-state index contributed by atoms with van der Waals surface area (Å²) in [6, 6.07) is 13.9. The van der Waals surface area contributed by atoms with Crippen molar-refractivity contribution in [1.82, 2.24) is 0 Å². The second-order valence-electron chi connectivity index (χ2n) is 5.89. The molecule has 1 fully saturated rings. The van der Waals surface area contributed by atoms with E-state index < -0.39 is 17.9 Å². The van der Waals surface area contributed by atoms with E-state index in [0.717, 1.165) is 16.5 Å². The average molecular weight is 326 g/mol. The van der Waals surface area contributed by atoms with Crippen molar-refractivity contribution in [2.24, 2.45) is 0 Å². The molecule has 4 heteroatoms. The molecule has 0 aromatic heterocycles. The minimum atomic E-state index is -0.677. The van der Waals surface area contributed by atoms with Crippen LogP contribution in [0, 0.1) is 0 Å². The highest BCUT2D eigenvalue weighted by Gasteiger charge is 2.51.